The molecule has 0 bridgehead atoms. The molecule has 0 spiro atoms. The predicted octanol–water partition coefficient (Wildman–Crippen LogP) is -2.32. The molecule has 0 aliphatic heterocycles. The fourth-order valence-electron chi connectivity index (χ4n) is 3.03. The number of aromatic amines is 1. The molecule has 0 radical (unpaired) electrons. The van der Waals surface area contributed by atoms with Crippen molar-refractivity contribution in [3.05, 3.63) is 36.0 Å². The number of benzene rings is 1. The lowest BCUT2D eigenvalue weighted by Gasteiger charge is -2.23. The van der Waals surface area contributed by atoms with E-state index >= 15 is 0 Å². The first kappa shape index (κ1) is 25.3. The van der Waals surface area contributed by atoms with Crippen LogP contribution < -0.4 is 21.7 Å². The molecule has 33 heavy (non-hydrogen) atoms. The highest BCUT2D eigenvalue weighted by atomic mass is 16.4. The number of nitrogens with one attached hydrogen (secondary N) is 4. The van der Waals surface area contributed by atoms with Gasteiger partial charge in [0.05, 0.1) is 13.0 Å². The van der Waals surface area contributed by atoms with E-state index in [-0.39, 0.29) is 6.42 Å². The maximum atomic E-state index is 13.0. The Labute approximate surface area is 187 Å². The van der Waals surface area contributed by atoms with Crippen LogP contribution in [0.4, 0.5) is 0 Å². The molecule has 13 heteroatoms. The number of carboxylic acid groups (broad SMARTS) is 2. The zero-order valence-corrected chi connectivity index (χ0v) is 17.4. The Morgan fingerprint density at radius 1 is 0.939 bits per heavy atom. The second-order valence-electron chi connectivity index (χ2n) is 7.18. The van der Waals surface area contributed by atoms with Crippen molar-refractivity contribution < 1.29 is 39.3 Å². The van der Waals surface area contributed by atoms with Gasteiger partial charge in [0.15, 0.2) is 0 Å². The van der Waals surface area contributed by atoms with Crippen molar-refractivity contribution in [2.24, 2.45) is 5.73 Å². The molecule has 0 fully saturated rings. The van der Waals surface area contributed by atoms with Crippen LogP contribution in [0.1, 0.15) is 12.0 Å². The van der Waals surface area contributed by atoms with Crippen LogP contribution in [0.2, 0.25) is 0 Å². The van der Waals surface area contributed by atoms with Crippen LogP contribution in [0.3, 0.4) is 0 Å². The van der Waals surface area contributed by atoms with Gasteiger partial charge in [0.1, 0.15) is 24.7 Å². The van der Waals surface area contributed by atoms with Gasteiger partial charge >= 0.3 is 11.9 Å². The summed E-state index contributed by atoms with van der Waals surface area (Å²) in [4.78, 5) is 62.3. The number of rotatable bonds is 12. The van der Waals surface area contributed by atoms with E-state index in [4.69, 9.17) is 21.1 Å². The van der Waals surface area contributed by atoms with E-state index in [0.717, 1.165) is 10.9 Å². The second kappa shape index (κ2) is 11.6. The largest absolute Gasteiger partial charge is 0.481 e. The number of fused-ring (bicyclic) bond motifs is 1. The molecule has 9 N–H and O–H groups in total. The average molecular weight is 463 g/mol. The first-order valence-electron chi connectivity index (χ1n) is 9.85. The minimum Gasteiger partial charge on any atom is -0.481 e. The Morgan fingerprint density at radius 2 is 1.61 bits per heavy atom. The molecule has 0 saturated heterocycles. The number of aliphatic hydroxyl groups is 1. The maximum Gasteiger partial charge on any atom is 0.322 e. The van der Waals surface area contributed by atoms with Crippen molar-refractivity contribution in [3.8, 4) is 0 Å². The van der Waals surface area contributed by atoms with Crippen molar-refractivity contribution >= 4 is 40.6 Å². The molecule has 2 aromatic rings. The summed E-state index contributed by atoms with van der Waals surface area (Å²) in [5.41, 5.74) is 6.94. The number of aliphatic carboxylic acids is 2. The summed E-state index contributed by atoms with van der Waals surface area (Å²) < 4.78 is 0. The summed E-state index contributed by atoms with van der Waals surface area (Å²) in [5.74, 6) is -5.51. The number of carbonyl (C=O) groups excluding carboxylic acids is 3. The molecule has 0 saturated carbocycles. The molecule has 3 unspecified atom stereocenters. The number of carbonyl (C=O) groups is 5. The number of carboxylic acids is 2. The van der Waals surface area contributed by atoms with Gasteiger partial charge < -0.3 is 42.0 Å². The minimum absolute atomic E-state index is 0.0454. The van der Waals surface area contributed by atoms with E-state index in [1.165, 1.54) is 0 Å². The van der Waals surface area contributed by atoms with Gasteiger partial charge in [0, 0.05) is 23.5 Å². The van der Waals surface area contributed by atoms with Gasteiger partial charge in [-0.1, -0.05) is 18.2 Å². The SMILES string of the molecule is NC(CO)C(=O)NC(Cc1c[nH]c2ccccc12)C(=O)NC(CC(=O)O)C(=O)NCC(=O)O. The summed E-state index contributed by atoms with van der Waals surface area (Å²) in [5, 5.41) is 34.3. The van der Waals surface area contributed by atoms with Crippen LogP contribution in [-0.4, -0.2) is 81.2 Å². The van der Waals surface area contributed by atoms with Gasteiger partial charge in [-0.25, -0.2) is 0 Å². The van der Waals surface area contributed by atoms with Crippen LogP contribution in [0, 0.1) is 0 Å². The molecule has 0 aliphatic carbocycles. The fraction of sp³-hybridized carbons (Fsp3) is 0.350. The van der Waals surface area contributed by atoms with Crippen LogP contribution in [-0.2, 0) is 30.4 Å². The van der Waals surface area contributed by atoms with Crippen molar-refractivity contribution in [1.82, 2.24) is 20.9 Å². The number of nitrogens with two attached hydrogens (primary N) is 1. The highest BCUT2D eigenvalue weighted by molar-refractivity contribution is 5.95. The Kier molecular flexibility index (Phi) is 8.89. The normalized spacial score (nSPS) is 13.5. The molecule has 178 valence electrons. The summed E-state index contributed by atoms with van der Waals surface area (Å²) in [6.07, 6.45) is 0.773. The first-order valence-corrected chi connectivity index (χ1v) is 9.85. The first-order chi connectivity index (χ1) is 15.6. The second-order valence-corrected chi connectivity index (χ2v) is 7.18. The van der Waals surface area contributed by atoms with E-state index < -0.39 is 67.4 Å². The fourth-order valence-corrected chi connectivity index (χ4v) is 3.03. The zero-order chi connectivity index (χ0) is 24.5. The molecule has 0 aliphatic rings. The van der Waals surface area contributed by atoms with E-state index in [2.05, 4.69) is 15.6 Å². The van der Waals surface area contributed by atoms with Crippen molar-refractivity contribution in [2.45, 2.75) is 31.0 Å². The van der Waals surface area contributed by atoms with Gasteiger partial charge in [-0.2, -0.15) is 0 Å². The standard InChI is InChI=1S/C20H25N5O8/c21-12(9-26)18(31)24-14(5-10-7-22-13-4-2-1-3-11(10)13)20(33)25-15(6-16(27)28)19(32)23-8-17(29)30/h1-4,7,12,14-15,22,26H,5-6,8-9,21H2,(H,23,32)(H,24,31)(H,25,33)(H,27,28)(H,29,30). The number of aromatic nitrogens is 1. The smallest absolute Gasteiger partial charge is 0.322 e. The van der Waals surface area contributed by atoms with Crippen molar-refractivity contribution in [1.29, 1.82) is 0 Å². The zero-order valence-electron chi connectivity index (χ0n) is 17.4. The number of hydrogen-bond donors (Lipinski definition) is 8. The van der Waals surface area contributed by atoms with Crippen molar-refractivity contribution in [2.75, 3.05) is 13.2 Å². The quantitative estimate of drug-likeness (QED) is 0.169. The van der Waals surface area contributed by atoms with Crippen LogP contribution in [0.5, 0.6) is 0 Å². The molecular weight excluding hydrogens is 438 g/mol. The van der Waals surface area contributed by atoms with Gasteiger partial charge in [0.25, 0.3) is 0 Å². The summed E-state index contributed by atoms with van der Waals surface area (Å²) in [6.45, 7) is -1.45. The Bertz CT molecular complexity index is 1040. The number of para-hydroxylation sites is 1. The third-order valence-corrected chi connectivity index (χ3v) is 4.69. The number of hydrogen-bond acceptors (Lipinski definition) is 7. The van der Waals surface area contributed by atoms with E-state index in [1.807, 2.05) is 11.4 Å². The Hall–Kier alpha value is -3.97. The molecule has 1 aromatic heterocycles. The highest BCUT2D eigenvalue weighted by Crippen LogP contribution is 2.19. The van der Waals surface area contributed by atoms with Gasteiger partial charge in [-0.15, -0.1) is 0 Å². The number of amides is 3. The lowest BCUT2D eigenvalue weighted by atomic mass is 10.0. The van der Waals surface area contributed by atoms with E-state index in [0.29, 0.717) is 5.56 Å². The molecule has 1 aromatic carbocycles. The molecule has 3 amide bonds. The monoisotopic (exact) mass is 463 g/mol. The average Bonchev–Trinajstić information content (AvgIpc) is 3.18. The maximum absolute atomic E-state index is 13.0. The summed E-state index contributed by atoms with van der Waals surface area (Å²) >= 11 is 0. The Morgan fingerprint density at radius 3 is 2.24 bits per heavy atom. The summed E-state index contributed by atoms with van der Waals surface area (Å²) in [7, 11) is 0. The van der Waals surface area contributed by atoms with E-state index in [9.17, 15) is 24.0 Å². The number of H-pyrrole nitrogens is 1. The Balaban J connectivity index is 2.26. The van der Waals surface area contributed by atoms with Crippen LogP contribution in [0.25, 0.3) is 10.9 Å². The lowest BCUT2D eigenvalue weighted by molar-refractivity contribution is -0.141. The topological polar surface area (TPSA) is 224 Å². The molecule has 1 heterocycles. The predicted molar refractivity (Wildman–Crippen MR) is 114 cm³/mol. The molecular formula is C20H25N5O8. The molecule has 13 nitrogen and oxygen atoms in total. The number of aliphatic hydroxyl groups excluding tert-OH is 1. The molecule has 2 rings (SSSR count). The molecule has 3 atom stereocenters. The van der Waals surface area contributed by atoms with Gasteiger partial charge in [-0.3, -0.25) is 24.0 Å². The van der Waals surface area contributed by atoms with Gasteiger partial charge in [0.2, 0.25) is 17.7 Å². The minimum atomic E-state index is -1.59. The van der Waals surface area contributed by atoms with Crippen molar-refractivity contribution in [3.63, 3.8) is 0 Å². The van der Waals surface area contributed by atoms with Crippen LogP contribution in [0.15, 0.2) is 30.5 Å². The third-order valence-electron chi connectivity index (χ3n) is 4.69. The van der Waals surface area contributed by atoms with Gasteiger partial charge in [-0.05, 0) is 11.6 Å². The third kappa shape index (κ3) is 7.29. The van der Waals surface area contributed by atoms with E-state index in [1.54, 1.807) is 24.4 Å². The highest BCUT2D eigenvalue weighted by Gasteiger charge is 2.30. The van der Waals surface area contributed by atoms with Crippen LogP contribution >= 0.6 is 0 Å². The lowest BCUT2D eigenvalue weighted by Crippen LogP contribution is -2.57. The summed E-state index contributed by atoms with van der Waals surface area (Å²) in [6, 6.07) is 3.01.